The second kappa shape index (κ2) is 7.21. The number of nitrogens with one attached hydrogen (secondary N) is 1. The Morgan fingerprint density at radius 2 is 2.05 bits per heavy atom. The van der Waals surface area contributed by atoms with Crippen LogP contribution >= 0.6 is 11.3 Å². The molecule has 2 fully saturated rings. The van der Waals surface area contributed by atoms with Crippen molar-refractivity contribution in [1.29, 1.82) is 0 Å². The second-order valence-electron chi connectivity index (χ2n) is 6.68. The van der Waals surface area contributed by atoms with E-state index >= 15 is 0 Å². The first kappa shape index (κ1) is 15.4. The largest absolute Gasteiger partial charge is 0.312 e. The summed E-state index contributed by atoms with van der Waals surface area (Å²) in [6.07, 6.45) is 12.8. The van der Waals surface area contributed by atoms with E-state index in [-0.39, 0.29) is 0 Å². The number of rotatable bonds is 7. The van der Waals surface area contributed by atoms with Gasteiger partial charge in [0.25, 0.3) is 0 Å². The highest BCUT2D eigenvalue weighted by Gasteiger charge is 2.46. The van der Waals surface area contributed by atoms with Gasteiger partial charge in [-0.05, 0) is 51.7 Å². The molecule has 1 aromatic heterocycles. The number of aromatic nitrogens is 1. The van der Waals surface area contributed by atoms with E-state index in [1.165, 1.54) is 62.9 Å². The van der Waals surface area contributed by atoms with Crippen molar-refractivity contribution in [3.8, 4) is 0 Å². The van der Waals surface area contributed by atoms with Gasteiger partial charge in [-0.15, -0.1) is 11.3 Å². The van der Waals surface area contributed by atoms with E-state index in [1.54, 1.807) is 0 Å². The molecule has 0 spiro atoms. The van der Waals surface area contributed by atoms with E-state index < -0.39 is 0 Å². The first-order valence-electron chi connectivity index (χ1n) is 8.71. The van der Waals surface area contributed by atoms with Gasteiger partial charge < -0.3 is 5.32 Å². The van der Waals surface area contributed by atoms with Crippen molar-refractivity contribution < 1.29 is 0 Å². The van der Waals surface area contributed by atoms with Gasteiger partial charge in [-0.1, -0.05) is 19.8 Å². The van der Waals surface area contributed by atoms with Crippen LogP contribution in [0.1, 0.15) is 56.7 Å². The van der Waals surface area contributed by atoms with Gasteiger partial charge in [-0.2, -0.15) is 0 Å². The summed E-state index contributed by atoms with van der Waals surface area (Å²) >= 11 is 1.82. The molecule has 2 aliphatic rings. The van der Waals surface area contributed by atoms with Crippen LogP contribution < -0.4 is 5.32 Å². The fourth-order valence-corrected chi connectivity index (χ4v) is 4.99. The van der Waals surface area contributed by atoms with Crippen molar-refractivity contribution in [2.45, 2.75) is 69.9 Å². The smallest absolute Gasteiger partial charge is 0.0794 e. The van der Waals surface area contributed by atoms with Gasteiger partial charge in [-0.3, -0.25) is 9.88 Å². The summed E-state index contributed by atoms with van der Waals surface area (Å²) in [4.78, 5) is 8.55. The van der Waals surface area contributed by atoms with E-state index in [2.05, 4.69) is 28.3 Å². The van der Waals surface area contributed by atoms with E-state index in [0.717, 1.165) is 13.0 Å². The molecule has 0 radical (unpaired) electrons. The monoisotopic (exact) mass is 307 g/mol. The Kier molecular flexibility index (Phi) is 5.30. The topological polar surface area (TPSA) is 28.2 Å². The summed E-state index contributed by atoms with van der Waals surface area (Å²) in [5, 5.41) is 3.90. The maximum Gasteiger partial charge on any atom is 0.0794 e. The quantitative estimate of drug-likeness (QED) is 0.836. The number of likely N-dealkylation sites (tertiary alicyclic amines) is 1. The molecular formula is C17H29N3S. The molecule has 3 rings (SSSR count). The number of hydrogen-bond donors (Lipinski definition) is 1. The lowest BCUT2D eigenvalue weighted by Crippen LogP contribution is -2.60. The molecule has 0 aromatic carbocycles. The predicted octanol–water partition coefficient (Wildman–Crippen LogP) is 3.46. The Labute approximate surface area is 133 Å². The molecule has 1 unspecified atom stereocenters. The molecule has 1 N–H and O–H groups in total. The van der Waals surface area contributed by atoms with Gasteiger partial charge in [-0.25, -0.2) is 0 Å². The molecule has 1 atom stereocenters. The molecule has 2 heterocycles. The molecule has 1 aliphatic carbocycles. The van der Waals surface area contributed by atoms with E-state index in [0.29, 0.717) is 11.6 Å². The molecule has 1 aliphatic heterocycles. The number of thiazole rings is 1. The highest BCUT2D eigenvalue weighted by Crippen LogP contribution is 2.41. The standard InChI is InChI=1S/C17H29N3S/c1-2-9-19-16(12-15-13-18-14-21-15)17(7-3-4-8-17)20-10-5-6-11-20/h13-14,16,19H,2-12H2,1H3. The summed E-state index contributed by atoms with van der Waals surface area (Å²) < 4.78 is 0. The molecule has 21 heavy (non-hydrogen) atoms. The molecule has 0 amide bonds. The van der Waals surface area contributed by atoms with E-state index in [9.17, 15) is 0 Å². The lowest BCUT2D eigenvalue weighted by Gasteiger charge is -2.45. The highest BCUT2D eigenvalue weighted by molar-refractivity contribution is 7.09. The summed E-state index contributed by atoms with van der Waals surface area (Å²) in [5.41, 5.74) is 2.39. The van der Waals surface area contributed by atoms with Crippen LogP contribution in [0.25, 0.3) is 0 Å². The molecular weight excluding hydrogens is 278 g/mol. The molecule has 3 nitrogen and oxygen atoms in total. The lowest BCUT2D eigenvalue weighted by molar-refractivity contribution is 0.0769. The highest BCUT2D eigenvalue weighted by atomic mass is 32.1. The molecule has 0 bridgehead atoms. The van der Waals surface area contributed by atoms with Gasteiger partial charge in [0.1, 0.15) is 0 Å². The van der Waals surface area contributed by atoms with Gasteiger partial charge in [0, 0.05) is 29.1 Å². The third kappa shape index (κ3) is 3.33. The van der Waals surface area contributed by atoms with Crippen LogP contribution in [0.4, 0.5) is 0 Å². The maximum atomic E-state index is 4.28. The maximum absolute atomic E-state index is 4.28. The minimum atomic E-state index is 0.412. The number of nitrogens with zero attached hydrogens (tertiary/aromatic N) is 2. The summed E-state index contributed by atoms with van der Waals surface area (Å²) in [7, 11) is 0. The Hall–Kier alpha value is -0.450. The van der Waals surface area contributed by atoms with E-state index in [1.807, 2.05) is 16.8 Å². The summed E-state index contributed by atoms with van der Waals surface area (Å²) in [6, 6.07) is 0.596. The van der Waals surface area contributed by atoms with Crippen molar-refractivity contribution in [3.63, 3.8) is 0 Å². The first-order chi connectivity index (χ1) is 10.3. The van der Waals surface area contributed by atoms with Crippen LogP contribution in [0.5, 0.6) is 0 Å². The minimum absolute atomic E-state index is 0.412. The van der Waals surface area contributed by atoms with Gasteiger partial charge >= 0.3 is 0 Å². The third-order valence-electron chi connectivity index (χ3n) is 5.38. The summed E-state index contributed by atoms with van der Waals surface area (Å²) in [6.45, 7) is 6.03. The first-order valence-corrected chi connectivity index (χ1v) is 9.59. The molecule has 1 saturated heterocycles. The minimum Gasteiger partial charge on any atom is -0.312 e. The zero-order chi connectivity index (χ0) is 14.5. The average molecular weight is 308 g/mol. The molecule has 118 valence electrons. The van der Waals surface area contributed by atoms with Crippen LogP contribution in [0.3, 0.4) is 0 Å². The Morgan fingerprint density at radius 3 is 2.67 bits per heavy atom. The fourth-order valence-electron chi connectivity index (χ4n) is 4.35. The SMILES string of the molecule is CCCNC(Cc1cncs1)C1(N2CCCC2)CCCC1. The lowest BCUT2D eigenvalue weighted by atomic mass is 9.83. The van der Waals surface area contributed by atoms with Crippen LogP contribution in [0.15, 0.2) is 11.7 Å². The Bertz CT molecular complexity index is 406. The van der Waals surface area contributed by atoms with Crippen molar-refractivity contribution >= 4 is 11.3 Å². The summed E-state index contributed by atoms with van der Waals surface area (Å²) in [5.74, 6) is 0. The second-order valence-corrected chi connectivity index (χ2v) is 7.65. The van der Waals surface area contributed by atoms with Crippen molar-refractivity contribution in [3.05, 3.63) is 16.6 Å². The van der Waals surface area contributed by atoms with Crippen molar-refractivity contribution in [2.75, 3.05) is 19.6 Å². The van der Waals surface area contributed by atoms with Crippen LogP contribution in [-0.2, 0) is 6.42 Å². The fraction of sp³-hybridized carbons (Fsp3) is 0.824. The van der Waals surface area contributed by atoms with Gasteiger partial charge in [0.2, 0.25) is 0 Å². The average Bonchev–Trinajstić information content (AvgIpc) is 3.25. The zero-order valence-corrected chi connectivity index (χ0v) is 14.1. The normalized spacial score (nSPS) is 23.7. The van der Waals surface area contributed by atoms with Crippen molar-refractivity contribution in [2.24, 2.45) is 0 Å². The zero-order valence-electron chi connectivity index (χ0n) is 13.3. The van der Waals surface area contributed by atoms with Gasteiger partial charge in [0.05, 0.1) is 5.51 Å². The molecule has 4 heteroatoms. The van der Waals surface area contributed by atoms with Crippen LogP contribution in [0.2, 0.25) is 0 Å². The van der Waals surface area contributed by atoms with Crippen LogP contribution in [-0.4, -0.2) is 41.1 Å². The Morgan fingerprint density at radius 1 is 1.29 bits per heavy atom. The number of hydrogen-bond acceptors (Lipinski definition) is 4. The van der Waals surface area contributed by atoms with Crippen LogP contribution in [0, 0.1) is 0 Å². The predicted molar refractivity (Wildman–Crippen MR) is 89.9 cm³/mol. The molecule has 1 aromatic rings. The molecule has 1 saturated carbocycles. The Balaban J connectivity index is 1.80. The van der Waals surface area contributed by atoms with Crippen molar-refractivity contribution in [1.82, 2.24) is 15.2 Å². The van der Waals surface area contributed by atoms with Gasteiger partial charge in [0.15, 0.2) is 0 Å². The van der Waals surface area contributed by atoms with E-state index in [4.69, 9.17) is 0 Å². The third-order valence-corrected chi connectivity index (χ3v) is 6.19.